The Labute approximate surface area is 207 Å². The first kappa shape index (κ1) is 30.9. The van der Waals surface area contributed by atoms with Gasteiger partial charge in [-0.25, -0.2) is 14.4 Å². The molecule has 4 unspecified atom stereocenters. The lowest BCUT2D eigenvalue weighted by Crippen LogP contribution is -2.50. The molecule has 0 aromatic carbocycles. The van der Waals surface area contributed by atoms with Gasteiger partial charge in [0.1, 0.15) is 24.3 Å². The van der Waals surface area contributed by atoms with E-state index in [0.29, 0.717) is 19.4 Å². The predicted octanol–water partition coefficient (Wildman–Crippen LogP) is 2.48. The molecule has 13 heteroatoms. The largest absolute Gasteiger partial charge is 0.698 e. The number of esters is 2. The van der Waals surface area contributed by atoms with Gasteiger partial charge in [0.25, 0.3) is 0 Å². The van der Waals surface area contributed by atoms with Crippen LogP contribution >= 0.6 is 8.25 Å². The molecule has 1 fully saturated rings. The van der Waals surface area contributed by atoms with E-state index in [1.807, 2.05) is 6.92 Å². The first-order valence-electron chi connectivity index (χ1n) is 11.9. The van der Waals surface area contributed by atoms with Crippen molar-refractivity contribution >= 4 is 32.2 Å². The van der Waals surface area contributed by atoms with E-state index in [9.17, 15) is 23.7 Å². The van der Waals surface area contributed by atoms with E-state index in [2.05, 4.69) is 16.0 Å². The van der Waals surface area contributed by atoms with E-state index in [-0.39, 0.29) is 6.61 Å². The molecule has 0 bridgehead atoms. The van der Waals surface area contributed by atoms with Crippen molar-refractivity contribution in [1.29, 1.82) is 0 Å². The smallest absolute Gasteiger partial charge is 0.444 e. The molecule has 12 nitrogen and oxygen atoms in total. The molecule has 3 N–H and O–H groups in total. The summed E-state index contributed by atoms with van der Waals surface area (Å²) in [7, 11) is -2.72. The summed E-state index contributed by atoms with van der Waals surface area (Å²) in [6, 6.07) is -1.92. The summed E-state index contributed by atoms with van der Waals surface area (Å²) in [5.74, 6) is -2.13. The van der Waals surface area contributed by atoms with Gasteiger partial charge in [-0.05, 0) is 60.4 Å². The third kappa shape index (κ3) is 12.9. The Morgan fingerprint density at radius 2 is 1.83 bits per heavy atom. The molecule has 5 atom stereocenters. The third-order valence-electron chi connectivity index (χ3n) is 4.88. The second-order valence-corrected chi connectivity index (χ2v) is 10.3. The molecule has 0 saturated carbocycles. The molecule has 2 amide bonds. The van der Waals surface area contributed by atoms with E-state index in [4.69, 9.17) is 18.5 Å². The van der Waals surface area contributed by atoms with Gasteiger partial charge >= 0.3 is 26.3 Å². The van der Waals surface area contributed by atoms with Crippen LogP contribution in [0.4, 0.5) is 4.79 Å². The Morgan fingerprint density at radius 3 is 2.40 bits per heavy atom. The molecule has 1 saturated heterocycles. The van der Waals surface area contributed by atoms with Gasteiger partial charge in [0, 0.05) is 4.57 Å². The Bertz CT molecular complexity index is 751. The number of alkyl carbamates (subject to hydrolysis) is 1. The second kappa shape index (κ2) is 15.1. The second-order valence-electron chi connectivity index (χ2n) is 9.37. The maximum Gasteiger partial charge on any atom is 0.698 e. The Morgan fingerprint density at radius 1 is 1.14 bits per heavy atom. The zero-order valence-electron chi connectivity index (χ0n) is 21.4. The average Bonchev–Trinajstić information content (AvgIpc) is 3.29. The fourth-order valence-electron chi connectivity index (χ4n) is 3.02. The van der Waals surface area contributed by atoms with Crippen LogP contribution in [-0.4, -0.2) is 66.9 Å². The first-order valence-corrected chi connectivity index (χ1v) is 13.0. The van der Waals surface area contributed by atoms with Crippen molar-refractivity contribution in [2.45, 2.75) is 103 Å². The van der Waals surface area contributed by atoms with Gasteiger partial charge < -0.3 is 25.4 Å². The molecule has 1 aliphatic heterocycles. The van der Waals surface area contributed by atoms with Crippen LogP contribution in [0.3, 0.4) is 0 Å². The minimum Gasteiger partial charge on any atom is -0.444 e. The van der Waals surface area contributed by atoms with Crippen LogP contribution < -0.4 is 16.0 Å². The summed E-state index contributed by atoms with van der Waals surface area (Å²) in [5.41, 5.74) is -0.701. The van der Waals surface area contributed by atoms with Crippen LogP contribution in [0.15, 0.2) is 0 Å². The molecule has 1 heterocycles. The number of carbonyl (C=O) groups excluding carboxylic acids is 4. The normalized spacial score (nSPS) is 18.7. The van der Waals surface area contributed by atoms with Crippen molar-refractivity contribution in [3.05, 3.63) is 0 Å². The van der Waals surface area contributed by atoms with Gasteiger partial charge in [0.15, 0.2) is 0 Å². The molecular formula is C22H39N3O9P+. The molecule has 35 heavy (non-hydrogen) atoms. The van der Waals surface area contributed by atoms with Crippen molar-refractivity contribution in [3.8, 4) is 0 Å². The molecule has 1 aliphatic rings. The van der Waals surface area contributed by atoms with Gasteiger partial charge in [0.2, 0.25) is 12.0 Å². The highest BCUT2D eigenvalue weighted by atomic mass is 31.1. The van der Waals surface area contributed by atoms with Crippen molar-refractivity contribution in [2.24, 2.45) is 0 Å². The van der Waals surface area contributed by atoms with E-state index < -0.39 is 62.0 Å². The summed E-state index contributed by atoms with van der Waals surface area (Å²) >= 11 is 0. The summed E-state index contributed by atoms with van der Waals surface area (Å²) < 4.78 is 32.3. The van der Waals surface area contributed by atoms with Gasteiger partial charge in [-0.3, -0.25) is 4.79 Å². The van der Waals surface area contributed by atoms with Crippen LogP contribution in [0, 0.1) is 0 Å². The maximum absolute atomic E-state index is 12.5. The van der Waals surface area contributed by atoms with Crippen LogP contribution in [-0.2, 0) is 37.5 Å². The molecule has 0 aliphatic carbocycles. The van der Waals surface area contributed by atoms with Gasteiger partial charge in [0.05, 0.1) is 6.04 Å². The maximum atomic E-state index is 12.5. The summed E-state index contributed by atoms with van der Waals surface area (Å²) in [4.78, 5) is 48.3. The highest BCUT2D eigenvalue weighted by Crippen LogP contribution is 2.27. The number of hydrogen-bond acceptors (Lipinski definition) is 10. The highest BCUT2D eigenvalue weighted by Gasteiger charge is 2.34. The lowest BCUT2D eigenvalue weighted by Gasteiger charge is -2.23. The van der Waals surface area contributed by atoms with Crippen molar-refractivity contribution in [1.82, 2.24) is 16.0 Å². The topological polar surface area (TPSA) is 158 Å². The van der Waals surface area contributed by atoms with Crippen LogP contribution in [0.5, 0.6) is 0 Å². The first-order chi connectivity index (χ1) is 16.3. The zero-order valence-corrected chi connectivity index (χ0v) is 22.3. The third-order valence-corrected chi connectivity index (χ3v) is 5.73. The van der Waals surface area contributed by atoms with Gasteiger partial charge in [-0.2, -0.15) is 0 Å². The van der Waals surface area contributed by atoms with Crippen molar-refractivity contribution < 1.29 is 42.3 Å². The lowest BCUT2D eigenvalue weighted by atomic mass is 10.1. The molecule has 1 rings (SSSR count). The molecule has 0 radical (unpaired) electrons. The zero-order chi connectivity index (χ0) is 26.6. The monoisotopic (exact) mass is 520 g/mol. The Hall–Kier alpha value is -2.14. The number of rotatable bonds is 13. The van der Waals surface area contributed by atoms with E-state index in [0.717, 1.165) is 19.3 Å². The summed E-state index contributed by atoms with van der Waals surface area (Å²) in [5, 5.41) is 8.12. The number of ether oxygens (including phenoxy) is 2. The average molecular weight is 521 g/mol. The predicted molar refractivity (Wildman–Crippen MR) is 127 cm³/mol. The fraction of sp³-hybridized carbons (Fsp3) is 0.818. The minimum absolute atomic E-state index is 0.146. The number of nitrogens with one attached hydrogen (secondary N) is 3. The van der Waals surface area contributed by atoms with Gasteiger partial charge in [-0.15, -0.1) is 9.05 Å². The number of carbonyl (C=O) groups is 4. The van der Waals surface area contributed by atoms with Crippen molar-refractivity contribution in [3.63, 3.8) is 0 Å². The SMILES string of the molecule is CCCCC(CO[P+](=O)OC(C)C(=O)OC(=O)[C@@H]1CCCN1)NC(=O)C(C)NC(=O)OC(C)(C)C. The lowest BCUT2D eigenvalue weighted by molar-refractivity contribution is -0.165. The summed E-state index contributed by atoms with van der Waals surface area (Å²) in [6.07, 6.45) is 1.53. The highest BCUT2D eigenvalue weighted by molar-refractivity contribution is 7.33. The summed E-state index contributed by atoms with van der Waals surface area (Å²) in [6.45, 7) is 10.5. The molecule has 0 aromatic rings. The van der Waals surface area contributed by atoms with E-state index >= 15 is 0 Å². The Kier molecular flexibility index (Phi) is 13.3. The number of amides is 2. The van der Waals surface area contributed by atoms with Crippen molar-refractivity contribution in [2.75, 3.05) is 13.2 Å². The molecular weight excluding hydrogens is 481 g/mol. The van der Waals surface area contributed by atoms with Gasteiger partial charge in [-0.1, -0.05) is 19.8 Å². The molecule has 0 aromatic heterocycles. The Balaban J connectivity index is 2.50. The fourth-order valence-corrected chi connectivity index (χ4v) is 3.72. The molecule has 0 spiro atoms. The number of hydrogen-bond donors (Lipinski definition) is 3. The standard InChI is InChI=1S/C22H38N3O9P/c1-7-8-10-16(25-18(26)14(2)24-21(29)33-22(4,5)6)13-31-35(30)34-15(3)19(27)32-20(28)17-11-9-12-23-17/h14-17,23H,7-13H2,1-6H3,(H-,24,25,26,29)/p+1/t14?,15?,16?,17-/m0/s1. The number of unbranched alkanes of at least 4 members (excludes halogenated alkanes) is 1. The molecule has 200 valence electrons. The van der Waals surface area contributed by atoms with Crippen LogP contribution in [0.1, 0.15) is 73.6 Å². The quantitative estimate of drug-likeness (QED) is 0.187. The van der Waals surface area contributed by atoms with E-state index in [1.54, 1.807) is 20.8 Å². The van der Waals surface area contributed by atoms with E-state index in [1.165, 1.54) is 13.8 Å². The van der Waals surface area contributed by atoms with Crippen LogP contribution in [0.2, 0.25) is 0 Å². The minimum atomic E-state index is -2.72. The van der Waals surface area contributed by atoms with Crippen LogP contribution in [0.25, 0.3) is 0 Å².